The molecule has 1 fully saturated rings. The Labute approximate surface area is 254 Å². The maximum atomic E-state index is 14.7. The number of hydrogen-bond donors (Lipinski definition) is 3. The van der Waals surface area contributed by atoms with Crippen LogP contribution in [0.25, 0.3) is 55.7 Å². The van der Waals surface area contributed by atoms with Gasteiger partial charge in [-0.15, -0.1) is 0 Å². The van der Waals surface area contributed by atoms with Crippen LogP contribution in [-0.2, 0) is 0 Å². The molecule has 0 atom stereocenters. The van der Waals surface area contributed by atoms with Crippen LogP contribution in [0, 0.1) is 5.82 Å². The Morgan fingerprint density at radius 2 is 1.80 bits per heavy atom. The van der Waals surface area contributed by atoms with Crippen molar-refractivity contribution in [3.05, 3.63) is 73.1 Å². The Morgan fingerprint density at radius 3 is 2.66 bits per heavy atom. The van der Waals surface area contributed by atoms with Crippen molar-refractivity contribution in [2.75, 3.05) is 32.5 Å². The molecule has 0 radical (unpaired) electrons. The van der Waals surface area contributed by atoms with E-state index in [-0.39, 0.29) is 11.9 Å². The van der Waals surface area contributed by atoms with E-state index in [1.54, 1.807) is 12.4 Å². The van der Waals surface area contributed by atoms with Gasteiger partial charge in [0.1, 0.15) is 11.6 Å². The molecule has 1 aliphatic rings. The standard InChI is InChI=1S/C34H35FN8O/c1-43(2)11-10-37-25-13-21(12-24(35)16-25)32-28-17-31(40-30(28)8-9-38-32)33-29-15-23(19-39-34(29)42-41-33)22-14-27(20-36-18-22)44-26-6-4-3-5-7-26/h8-9,12-20,26,37,40H,3-7,10-11H2,1-2H3,(H,39,41,42). The van der Waals surface area contributed by atoms with Crippen LogP contribution in [0.3, 0.4) is 0 Å². The monoisotopic (exact) mass is 590 g/mol. The fraction of sp³-hybridized carbons (Fsp3) is 0.294. The highest BCUT2D eigenvalue weighted by atomic mass is 19.1. The molecule has 0 aliphatic heterocycles. The number of ether oxygens (including phenoxy) is 1. The third kappa shape index (κ3) is 5.85. The molecular formula is C34H35FN8O. The van der Waals surface area contributed by atoms with E-state index >= 15 is 0 Å². The van der Waals surface area contributed by atoms with Gasteiger partial charge < -0.3 is 19.9 Å². The van der Waals surface area contributed by atoms with Crippen molar-refractivity contribution in [1.82, 2.24) is 35.0 Å². The van der Waals surface area contributed by atoms with Crippen LogP contribution in [0.1, 0.15) is 32.1 Å². The lowest BCUT2D eigenvalue weighted by Crippen LogP contribution is -2.20. The first-order chi connectivity index (χ1) is 21.5. The third-order valence-electron chi connectivity index (χ3n) is 8.19. The van der Waals surface area contributed by atoms with Gasteiger partial charge in [0, 0.05) is 70.3 Å². The van der Waals surface area contributed by atoms with Gasteiger partial charge in [0.15, 0.2) is 5.65 Å². The number of likely N-dealkylation sites (N-methyl/N-ethyl adjacent to an activating group) is 1. The number of fused-ring (bicyclic) bond motifs is 2. The predicted octanol–water partition coefficient (Wildman–Crippen LogP) is 7.05. The summed E-state index contributed by atoms with van der Waals surface area (Å²) in [4.78, 5) is 19.3. The minimum Gasteiger partial charge on any atom is -0.489 e. The second kappa shape index (κ2) is 12.0. The van der Waals surface area contributed by atoms with Gasteiger partial charge in [0.2, 0.25) is 0 Å². The predicted molar refractivity (Wildman–Crippen MR) is 172 cm³/mol. The molecule has 0 spiro atoms. The summed E-state index contributed by atoms with van der Waals surface area (Å²) in [6.07, 6.45) is 13.3. The smallest absolute Gasteiger partial charge is 0.181 e. The van der Waals surface area contributed by atoms with Gasteiger partial charge >= 0.3 is 0 Å². The summed E-state index contributed by atoms with van der Waals surface area (Å²) in [5.41, 5.74) is 7.13. The molecule has 1 aromatic carbocycles. The Kier molecular flexibility index (Phi) is 7.66. The first kappa shape index (κ1) is 28.0. The third-order valence-corrected chi connectivity index (χ3v) is 8.19. The van der Waals surface area contributed by atoms with Crippen molar-refractivity contribution in [2.45, 2.75) is 38.2 Å². The summed E-state index contributed by atoms with van der Waals surface area (Å²) >= 11 is 0. The molecule has 44 heavy (non-hydrogen) atoms. The van der Waals surface area contributed by atoms with Crippen LogP contribution < -0.4 is 10.1 Å². The van der Waals surface area contributed by atoms with Crippen molar-refractivity contribution in [1.29, 1.82) is 0 Å². The van der Waals surface area contributed by atoms with Crippen molar-refractivity contribution in [3.8, 4) is 39.5 Å². The van der Waals surface area contributed by atoms with E-state index < -0.39 is 0 Å². The molecule has 3 N–H and O–H groups in total. The lowest BCUT2D eigenvalue weighted by atomic mass is 9.98. The van der Waals surface area contributed by atoms with E-state index in [2.05, 4.69) is 46.4 Å². The molecule has 0 unspecified atom stereocenters. The van der Waals surface area contributed by atoms with Crippen LogP contribution in [-0.4, -0.2) is 68.3 Å². The fourth-order valence-electron chi connectivity index (χ4n) is 5.95. The number of benzene rings is 1. The summed E-state index contributed by atoms with van der Waals surface area (Å²) in [6, 6.07) is 13.0. The number of halogens is 1. The Balaban J connectivity index is 1.21. The number of pyridine rings is 3. The summed E-state index contributed by atoms with van der Waals surface area (Å²) < 4.78 is 21.0. The van der Waals surface area contributed by atoms with Gasteiger partial charge in [-0.3, -0.25) is 15.1 Å². The normalized spacial score (nSPS) is 14.1. The number of aromatic nitrogens is 6. The summed E-state index contributed by atoms with van der Waals surface area (Å²) in [6.45, 7) is 1.55. The molecule has 1 aliphatic carbocycles. The number of anilines is 1. The summed E-state index contributed by atoms with van der Waals surface area (Å²) in [5, 5.41) is 12.7. The maximum Gasteiger partial charge on any atom is 0.181 e. The van der Waals surface area contributed by atoms with Gasteiger partial charge in [0.25, 0.3) is 0 Å². The molecule has 1 saturated carbocycles. The van der Waals surface area contributed by atoms with E-state index in [9.17, 15) is 4.39 Å². The highest BCUT2D eigenvalue weighted by Crippen LogP contribution is 2.35. The van der Waals surface area contributed by atoms with Crippen molar-refractivity contribution in [2.24, 2.45) is 0 Å². The molecule has 7 rings (SSSR count). The van der Waals surface area contributed by atoms with Gasteiger partial charge in [-0.2, -0.15) is 5.10 Å². The van der Waals surface area contributed by atoms with E-state index in [0.717, 1.165) is 69.6 Å². The van der Waals surface area contributed by atoms with E-state index in [1.165, 1.54) is 31.4 Å². The molecular weight excluding hydrogens is 555 g/mol. The summed E-state index contributed by atoms with van der Waals surface area (Å²) in [7, 11) is 4.02. The first-order valence-electron chi connectivity index (χ1n) is 15.1. The van der Waals surface area contributed by atoms with Gasteiger partial charge in [-0.05, 0) is 82.2 Å². The number of nitrogens with one attached hydrogen (secondary N) is 3. The lowest BCUT2D eigenvalue weighted by Gasteiger charge is -2.23. The Hall–Kier alpha value is -4.83. The Bertz CT molecular complexity index is 1920. The van der Waals surface area contributed by atoms with Crippen molar-refractivity contribution < 1.29 is 9.13 Å². The minimum absolute atomic E-state index is 0.251. The molecule has 0 bridgehead atoms. The number of rotatable bonds is 9. The average molecular weight is 591 g/mol. The van der Waals surface area contributed by atoms with Gasteiger partial charge in [0.05, 0.1) is 29.4 Å². The fourth-order valence-corrected chi connectivity index (χ4v) is 5.95. The van der Waals surface area contributed by atoms with Crippen molar-refractivity contribution >= 4 is 27.6 Å². The molecule has 0 amide bonds. The first-order valence-corrected chi connectivity index (χ1v) is 15.1. The van der Waals surface area contributed by atoms with Crippen LogP contribution in [0.2, 0.25) is 0 Å². The quantitative estimate of drug-likeness (QED) is 0.166. The molecule has 10 heteroatoms. The van der Waals surface area contributed by atoms with E-state index in [0.29, 0.717) is 23.4 Å². The largest absolute Gasteiger partial charge is 0.489 e. The summed E-state index contributed by atoms with van der Waals surface area (Å²) in [5.74, 6) is 0.469. The Morgan fingerprint density at radius 1 is 0.932 bits per heavy atom. The molecule has 9 nitrogen and oxygen atoms in total. The van der Waals surface area contributed by atoms with Gasteiger partial charge in [-0.1, -0.05) is 6.42 Å². The second-order valence-electron chi connectivity index (χ2n) is 11.7. The SMILES string of the molecule is CN(C)CCNc1cc(F)cc(-c2nccc3[nH]c(-c4[nH]nc5ncc(-c6cncc(OC7CCCCC7)c6)cc45)cc23)c1. The van der Waals surface area contributed by atoms with Crippen LogP contribution in [0.15, 0.2) is 67.3 Å². The highest BCUT2D eigenvalue weighted by molar-refractivity contribution is 6.00. The molecule has 0 saturated heterocycles. The average Bonchev–Trinajstić information content (AvgIpc) is 3.65. The maximum absolute atomic E-state index is 14.7. The van der Waals surface area contributed by atoms with E-state index in [1.807, 2.05) is 50.8 Å². The van der Waals surface area contributed by atoms with Crippen LogP contribution in [0.4, 0.5) is 10.1 Å². The molecule has 5 aromatic heterocycles. The number of H-pyrrole nitrogens is 2. The topological polar surface area (TPSA) is 108 Å². The minimum atomic E-state index is -0.315. The second-order valence-corrected chi connectivity index (χ2v) is 11.7. The number of aromatic amines is 2. The number of hydrogen-bond acceptors (Lipinski definition) is 7. The molecule has 5 heterocycles. The van der Waals surface area contributed by atoms with Crippen LogP contribution in [0.5, 0.6) is 5.75 Å². The highest BCUT2D eigenvalue weighted by Gasteiger charge is 2.18. The van der Waals surface area contributed by atoms with E-state index in [4.69, 9.17) is 4.74 Å². The van der Waals surface area contributed by atoms with Crippen LogP contribution >= 0.6 is 0 Å². The zero-order chi connectivity index (χ0) is 30.0. The lowest BCUT2D eigenvalue weighted by molar-refractivity contribution is 0.154. The zero-order valence-corrected chi connectivity index (χ0v) is 24.9. The number of nitrogens with zero attached hydrogens (tertiary/aromatic N) is 5. The van der Waals surface area contributed by atoms with Crippen molar-refractivity contribution in [3.63, 3.8) is 0 Å². The molecule has 224 valence electrons. The molecule has 6 aromatic rings. The van der Waals surface area contributed by atoms with Gasteiger partial charge in [-0.25, -0.2) is 9.37 Å². The zero-order valence-electron chi connectivity index (χ0n) is 24.9.